The van der Waals surface area contributed by atoms with Crippen molar-refractivity contribution < 1.29 is 14.3 Å². The summed E-state index contributed by atoms with van der Waals surface area (Å²) in [5, 5.41) is 3.43. The average molecular weight is 254 g/mol. The van der Waals surface area contributed by atoms with Crippen LogP contribution in [-0.4, -0.2) is 49.1 Å². The van der Waals surface area contributed by atoms with Crippen molar-refractivity contribution in [3.05, 3.63) is 0 Å². The fraction of sp³-hybridized carbons (Fsp3) is 0.846. The number of nitrogens with one attached hydrogen (secondary N) is 1. The third-order valence-corrected chi connectivity index (χ3v) is 3.87. The Bertz CT molecular complexity index is 297. The Morgan fingerprint density at radius 3 is 2.44 bits per heavy atom. The van der Waals surface area contributed by atoms with E-state index in [9.17, 15) is 9.59 Å². The maximum Gasteiger partial charge on any atom is 0.255 e. The van der Waals surface area contributed by atoms with Gasteiger partial charge >= 0.3 is 0 Å². The van der Waals surface area contributed by atoms with Gasteiger partial charge in [0.25, 0.3) is 11.8 Å². The van der Waals surface area contributed by atoms with E-state index in [4.69, 9.17) is 4.74 Å². The van der Waals surface area contributed by atoms with Crippen LogP contribution in [0.15, 0.2) is 0 Å². The van der Waals surface area contributed by atoms with Gasteiger partial charge in [0.1, 0.15) is 13.2 Å². The van der Waals surface area contributed by atoms with Gasteiger partial charge in [0.05, 0.1) is 0 Å². The lowest BCUT2D eigenvalue weighted by Crippen LogP contribution is -2.53. The third-order valence-electron chi connectivity index (χ3n) is 3.87. The molecule has 2 aliphatic rings. The molecule has 1 unspecified atom stereocenters. The highest BCUT2D eigenvalue weighted by Crippen LogP contribution is 2.28. The molecule has 1 aliphatic heterocycles. The average Bonchev–Trinajstić information content (AvgIpc) is 2.86. The number of ether oxygens (including phenoxy) is 1. The Labute approximate surface area is 108 Å². The second-order valence-electron chi connectivity index (χ2n) is 5.10. The van der Waals surface area contributed by atoms with E-state index in [2.05, 4.69) is 12.2 Å². The third kappa shape index (κ3) is 3.09. The van der Waals surface area contributed by atoms with E-state index in [0.29, 0.717) is 12.5 Å². The maximum absolute atomic E-state index is 11.7. The summed E-state index contributed by atoms with van der Waals surface area (Å²) in [6.07, 6.45) is 4.92. The van der Waals surface area contributed by atoms with E-state index in [1.807, 2.05) is 0 Å². The van der Waals surface area contributed by atoms with Crippen molar-refractivity contribution in [2.24, 2.45) is 5.92 Å². The number of rotatable bonds is 5. The summed E-state index contributed by atoms with van der Waals surface area (Å²) >= 11 is 0. The highest BCUT2D eigenvalue weighted by Gasteiger charge is 2.32. The molecule has 2 amide bonds. The van der Waals surface area contributed by atoms with E-state index in [1.54, 1.807) is 0 Å². The van der Waals surface area contributed by atoms with Crippen LogP contribution >= 0.6 is 0 Å². The molecule has 0 aromatic carbocycles. The first-order chi connectivity index (χ1) is 8.72. The van der Waals surface area contributed by atoms with Crippen molar-refractivity contribution in [3.8, 4) is 0 Å². The zero-order chi connectivity index (χ0) is 13.0. The normalized spacial score (nSPS) is 23.7. The topological polar surface area (TPSA) is 58.6 Å². The van der Waals surface area contributed by atoms with Crippen LogP contribution in [0.25, 0.3) is 0 Å². The molecule has 1 N–H and O–H groups in total. The molecular weight excluding hydrogens is 232 g/mol. The number of hydrogen-bond acceptors (Lipinski definition) is 4. The van der Waals surface area contributed by atoms with Gasteiger partial charge in [0.2, 0.25) is 0 Å². The molecule has 1 aliphatic carbocycles. The summed E-state index contributed by atoms with van der Waals surface area (Å²) in [5.74, 6) is 0.188. The Balaban J connectivity index is 1.98. The molecule has 0 aromatic heterocycles. The molecule has 18 heavy (non-hydrogen) atoms. The van der Waals surface area contributed by atoms with Crippen molar-refractivity contribution in [2.75, 3.05) is 26.3 Å². The second kappa shape index (κ2) is 6.29. The van der Waals surface area contributed by atoms with Crippen LogP contribution in [0.5, 0.6) is 0 Å². The smallest absolute Gasteiger partial charge is 0.255 e. The van der Waals surface area contributed by atoms with Crippen LogP contribution < -0.4 is 5.32 Å². The SMILES string of the molecule is CCNC(CN1C(=O)COCC1=O)C1CCCC1. The van der Waals surface area contributed by atoms with E-state index < -0.39 is 0 Å². The van der Waals surface area contributed by atoms with Gasteiger partial charge in [0, 0.05) is 12.6 Å². The lowest BCUT2D eigenvalue weighted by Gasteiger charge is -2.32. The van der Waals surface area contributed by atoms with Crippen molar-refractivity contribution >= 4 is 11.8 Å². The number of nitrogens with zero attached hydrogens (tertiary/aromatic N) is 1. The molecule has 0 bridgehead atoms. The quantitative estimate of drug-likeness (QED) is 0.728. The number of hydrogen-bond donors (Lipinski definition) is 1. The van der Waals surface area contributed by atoms with Gasteiger partial charge in [-0.3, -0.25) is 14.5 Å². The van der Waals surface area contributed by atoms with Gasteiger partial charge < -0.3 is 10.1 Å². The molecule has 1 saturated carbocycles. The standard InChI is InChI=1S/C13H22N2O3/c1-2-14-11(10-5-3-4-6-10)7-15-12(16)8-18-9-13(15)17/h10-11,14H,2-9H2,1H3. The highest BCUT2D eigenvalue weighted by molar-refractivity contribution is 5.98. The summed E-state index contributed by atoms with van der Waals surface area (Å²) in [7, 11) is 0. The Hall–Kier alpha value is -0.940. The summed E-state index contributed by atoms with van der Waals surface area (Å²) in [5.41, 5.74) is 0. The lowest BCUT2D eigenvalue weighted by atomic mass is 9.97. The van der Waals surface area contributed by atoms with Crippen LogP contribution in [0.4, 0.5) is 0 Å². The Morgan fingerprint density at radius 2 is 1.89 bits per heavy atom. The van der Waals surface area contributed by atoms with Gasteiger partial charge in [-0.2, -0.15) is 0 Å². The number of carbonyl (C=O) groups is 2. The first-order valence-electron chi connectivity index (χ1n) is 6.86. The van der Waals surface area contributed by atoms with Crippen molar-refractivity contribution in [2.45, 2.75) is 38.6 Å². The van der Waals surface area contributed by atoms with Gasteiger partial charge in [-0.25, -0.2) is 0 Å². The minimum Gasteiger partial charge on any atom is -0.362 e. The minimum absolute atomic E-state index is 0.0370. The van der Waals surface area contributed by atoms with Crippen LogP contribution in [0.2, 0.25) is 0 Å². The molecule has 0 spiro atoms. The largest absolute Gasteiger partial charge is 0.362 e. The monoisotopic (exact) mass is 254 g/mol. The molecule has 102 valence electrons. The molecule has 0 radical (unpaired) electrons. The zero-order valence-electron chi connectivity index (χ0n) is 11.0. The van der Waals surface area contributed by atoms with Gasteiger partial charge in [-0.1, -0.05) is 19.8 Å². The van der Waals surface area contributed by atoms with Crippen molar-refractivity contribution in [3.63, 3.8) is 0 Å². The number of likely N-dealkylation sites (N-methyl/N-ethyl adjacent to an activating group) is 1. The molecule has 1 heterocycles. The molecule has 0 aromatic rings. The van der Waals surface area contributed by atoms with Crippen LogP contribution in [0.3, 0.4) is 0 Å². The maximum atomic E-state index is 11.7. The van der Waals surface area contributed by atoms with E-state index in [1.165, 1.54) is 30.6 Å². The molecule has 1 saturated heterocycles. The van der Waals surface area contributed by atoms with Gasteiger partial charge in [0.15, 0.2) is 0 Å². The lowest BCUT2D eigenvalue weighted by molar-refractivity contribution is -0.159. The Kier molecular flexibility index (Phi) is 4.72. The molecule has 5 nitrogen and oxygen atoms in total. The summed E-state index contributed by atoms with van der Waals surface area (Å²) < 4.78 is 4.93. The second-order valence-corrected chi connectivity index (χ2v) is 5.10. The molecule has 5 heteroatoms. The van der Waals surface area contributed by atoms with E-state index in [0.717, 1.165) is 6.54 Å². The zero-order valence-corrected chi connectivity index (χ0v) is 11.0. The number of amides is 2. The predicted molar refractivity (Wildman–Crippen MR) is 67.0 cm³/mol. The minimum atomic E-state index is -0.202. The van der Waals surface area contributed by atoms with Gasteiger partial charge in [-0.05, 0) is 25.3 Å². The van der Waals surface area contributed by atoms with Crippen molar-refractivity contribution in [1.82, 2.24) is 10.2 Å². The molecule has 2 rings (SSSR count). The van der Waals surface area contributed by atoms with Crippen LogP contribution in [0.1, 0.15) is 32.6 Å². The Morgan fingerprint density at radius 1 is 1.28 bits per heavy atom. The van der Waals surface area contributed by atoms with E-state index in [-0.39, 0.29) is 31.1 Å². The summed E-state index contributed by atoms with van der Waals surface area (Å²) in [6, 6.07) is 0.239. The van der Waals surface area contributed by atoms with Crippen LogP contribution in [-0.2, 0) is 14.3 Å². The van der Waals surface area contributed by atoms with E-state index >= 15 is 0 Å². The fourth-order valence-electron chi connectivity index (χ4n) is 2.92. The summed E-state index contributed by atoms with van der Waals surface area (Å²) in [4.78, 5) is 24.8. The van der Waals surface area contributed by atoms with Gasteiger partial charge in [-0.15, -0.1) is 0 Å². The molecular formula is C13H22N2O3. The van der Waals surface area contributed by atoms with Crippen LogP contribution in [0, 0.1) is 5.92 Å². The van der Waals surface area contributed by atoms with Crippen molar-refractivity contribution in [1.29, 1.82) is 0 Å². The predicted octanol–water partition coefficient (Wildman–Crippen LogP) is 0.540. The first-order valence-corrected chi connectivity index (χ1v) is 6.86. The molecule has 1 atom stereocenters. The highest BCUT2D eigenvalue weighted by atomic mass is 16.5. The fourth-order valence-corrected chi connectivity index (χ4v) is 2.92. The number of morpholine rings is 1. The molecule has 2 fully saturated rings. The summed E-state index contributed by atoms with van der Waals surface area (Å²) in [6.45, 7) is 3.50. The number of carbonyl (C=O) groups excluding carboxylic acids is 2. The number of imide groups is 1. The first kappa shape index (κ1) is 13.5.